The Morgan fingerprint density at radius 3 is 2.50 bits per heavy atom. The summed E-state index contributed by atoms with van der Waals surface area (Å²) >= 11 is 0. The number of ether oxygens (including phenoxy) is 1. The highest BCUT2D eigenvalue weighted by atomic mass is 16.5. The molecular weight excluding hydrogens is 248 g/mol. The Morgan fingerprint density at radius 2 is 1.85 bits per heavy atom. The van der Waals surface area contributed by atoms with Crippen molar-refractivity contribution in [1.82, 2.24) is 10.2 Å². The molecule has 1 heterocycles. The summed E-state index contributed by atoms with van der Waals surface area (Å²) in [6, 6.07) is 1.44. The molecule has 1 aliphatic heterocycles. The van der Waals surface area contributed by atoms with Crippen molar-refractivity contribution in [2.45, 2.75) is 58.5 Å². The number of nitrogens with one attached hydrogen (secondary N) is 1. The highest BCUT2D eigenvalue weighted by molar-refractivity contribution is 4.90. The maximum Gasteiger partial charge on any atom is 0.0480 e. The van der Waals surface area contributed by atoms with Gasteiger partial charge in [0.25, 0.3) is 0 Å². The second-order valence-electron chi connectivity index (χ2n) is 7.17. The minimum atomic E-state index is 0.709. The molecule has 20 heavy (non-hydrogen) atoms. The lowest BCUT2D eigenvalue weighted by atomic mass is 9.72. The first-order chi connectivity index (χ1) is 9.61. The van der Waals surface area contributed by atoms with Gasteiger partial charge in [-0.1, -0.05) is 20.8 Å². The topological polar surface area (TPSA) is 24.5 Å². The fourth-order valence-corrected chi connectivity index (χ4v) is 4.32. The molecule has 1 N–H and O–H groups in total. The van der Waals surface area contributed by atoms with E-state index in [4.69, 9.17) is 4.74 Å². The van der Waals surface area contributed by atoms with Crippen LogP contribution in [0.15, 0.2) is 0 Å². The summed E-state index contributed by atoms with van der Waals surface area (Å²) in [5.41, 5.74) is 0. The van der Waals surface area contributed by atoms with Gasteiger partial charge in [-0.2, -0.15) is 0 Å². The quantitative estimate of drug-likeness (QED) is 0.839. The smallest absolute Gasteiger partial charge is 0.0480 e. The van der Waals surface area contributed by atoms with Gasteiger partial charge in [-0.3, -0.25) is 0 Å². The van der Waals surface area contributed by atoms with Gasteiger partial charge in [0.2, 0.25) is 0 Å². The van der Waals surface area contributed by atoms with Crippen LogP contribution < -0.4 is 5.32 Å². The zero-order chi connectivity index (χ0) is 14.5. The molecule has 0 spiro atoms. The van der Waals surface area contributed by atoms with Crippen molar-refractivity contribution in [3.8, 4) is 0 Å². The van der Waals surface area contributed by atoms with Crippen LogP contribution in [0.1, 0.15) is 46.5 Å². The van der Waals surface area contributed by atoms with Gasteiger partial charge < -0.3 is 15.0 Å². The van der Waals surface area contributed by atoms with E-state index in [9.17, 15) is 0 Å². The standard InChI is InChI=1S/C17H34N2O/c1-5-18-17-11-13(2)10-14(3)16(17)12-19(4)15-6-8-20-9-7-15/h13-18H,5-12H2,1-4H3. The van der Waals surface area contributed by atoms with Gasteiger partial charge in [0.15, 0.2) is 0 Å². The van der Waals surface area contributed by atoms with E-state index in [2.05, 4.69) is 38.0 Å². The van der Waals surface area contributed by atoms with Gasteiger partial charge in [0.05, 0.1) is 0 Å². The molecule has 1 saturated heterocycles. The number of rotatable bonds is 5. The first-order valence-electron chi connectivity index (χ1n) is 8.63. The molecule has 1 saturated carbocycles. The first-order valence-corrected chi connectivity index (χ1v) is 8.63. The average Bonchev–Trinajstić information content (AvgIpc) is 2.43. The molecule has 0 bridgehead atoms. The van der Waals surface area contributed by atoms with Crippen LogP contribution in [0.3, 0.4) is 0 Å². The molecule has 0 aromatic rings. The lowest BCUT2D eigenvalue weighted by Gasteiger charge is -2.43. The summed E-state index contributed by atoms with van der Waals surface area (Å²) in [7, 11) is 2.32. The summed E-state index contributed by atoms with van der Waals surface area (Å²) in [5.74, 6) is 2.52. The molecule has 1 aliphatic carbocycles. The minimum absolute atomic E-state index is 0.709. The lowest BCUT2D eigenvalue weighted by Crippen LogP contribution is -2.50. The molecule has 3 nitrogen and oxygen atoms in total. The van der Waals surface area contributed by atoms with Crippen molar-refractivity contribution in [3.05, 3.63) is 0 Å². The molecule has 2 rings (SSSR count). The summed E-state index contributed by atoms with van der Waals surface area (Å²) < 4.78 is 5.50. The summed E-state index contributed by atoms with van der Waals surface area (Å²) in [6.07, 6.45) is 5.17. The van der Waals surface area contributed by atoms with Gasteiger partial charge in [0.1, 0.15) is 0 Å². The molecule has 0 radical (unpaired) electrons. The molecule has 4 atom stereocenters. The second-order valence-corrected chi connectivity index (χ2v) is 7.17. The van der Waals surface area contributed by atoms with E-state index in [0.717, 1.165) is 43.6 Å². The third-order valence-electron chi connectivity index (χ3n) is 5.46. The summed E-state index contributed by atoms with van der Waals surface area (Å²) in [6.45, 7) is 11.4. The number of hydrogen-bond acceptors (Lipinski definition) is 3. The Hall–Kier alpha value is -0.120. The zero-order valence-corrected chi connectivity index (χ0v) is 13.9. The maximum atomic E-state index is 5.50. The van der Waals surface area contributed by atoms with E-state index in [-0.39, 0.29) is 0 Å². The SMILES string of the molecule is CCNC1CC(C)CC(C)C1CN(C)C1CCOCC1. The first kappa shape index (κ1) is 16.3. The third kappa shape index (κ3) is 4.19. The predicted molar refractivity (Wildman–Crippen MR) is 85.0 cm³/mol. The number of nitrogens with zero attached hydrogens (tertiary/aromatic N) is 1. The highest BCUT2D eigenvalue weighted by Gasteiger charge is 2.35. The number of hydrogen-bond donors (Lipinski definition) is 1. The van der Waals surface area contributed by atoms with Crippen LogP contribution in [0.5, 0.6) is 0 Å². The van der Waals surface area contributed by atoms with E-state index < -0.39 is 0 Å². The fraction of sp³-hybridized carbons (Fsp3) is 1.00. The van der Waals surface area contributed by atoms with E-state index in [1.165, 1.54) is 32.2 Å². The van der Waals surface area contributed by atoms with Crippen LogP contribution in [0, 0.1) is 17.8 Å². The van der Waals surface area contributed by atoms with E-state index in [0.29, 0.717) is 6.04 Å². The van der Waals surface area contributed by atoms with Gasteiger partial charge in [-0.25, -0.2) is 0 Å². The molecule has 0 amide bonds. The molecule has 4 unspecified atom stereocenters. The van der Waals surface area contributed by atoms with Crippen molar-refractivity contribution in [3.63, 3.8) is 0 Å². The van der Waals surface area contributed by atoms with Crippen molar-refractivity contribution in [2.24, 2.45) is 17.8 Å². The molecule has 0 aromatic carbocycles. The van der Waals surface area contributed by atoms with Gasteiger partial charge in [0, 0.05) is 31.8 Å². The molecule has 2 aliphatic rings. The van der Waals surface area contributed by atoms with Crippen molar-refractivity contribution >= 4 is 0 Å². The predicted octanol–water partition coefficient (Wildman–Crippen LogP) is 2.76. The van der Waals surface area contributed by atoms with E-state index in [1.807, 2.05) is 0 Å². The van der Waals surface area contributed by atoms with Crippen LogP contribution >= 0.6 is 0 Å². The van der Waals surface area contributed by atoms with Crippen molar-refractivity contribution in [1.29, 1.82) is 0 Å². The Kier molecular flexibility index (Phi) is 6.31. The van der Waals surface area contributed by atoms with Gasteiger partial charge in [-0.15, -0.1) is 0 Å². The highest BCUT2D eigenvalue weighted by Crippen LogP contribution is 2.34. The lowest BCUT2D eigenvalue weighted by molar-refractivity contribution is 0.0249. The summed E-state index contributed by atoms with van der Waals surface area (Å²) in [4.78, 5) is 2.62. The third-order valence-corrected chi connectivity index (χ3v) is 5.46. The van der Waals surface area contributed by atoms with Crippen LogP contribution in [-0.4, -0.2) is 50.3 Å². The maximum absolute atomic E-state index is 5.50. The molecule has 3 heteroatoms. The van der Waals surface area contributed by atoms with Crippen molar-refractivity contribution in [2.75, 3.05) is 33.4 Å². The monoisotopic (exact) mass is 282 g/mol. The van der Waals surface area contributed by atoms with Crippen LogP contribution in [0.2, 0.25) is 0 Å². The van der Waals surface area contributed by atoms with Crippen molar-refractivity contribution < 1.29 is 4.74 Å². The molecule has 118 valence electrons. The normalized spacial score (nSPS) is 36.5. The average molecular weight is 282 g/mol. The minimum Gasteiger partial charge on any atom is -0.381 e. The van der Waals surface area contributed by atoms with Crippen LogP contribution in [-0.2, 0) is 4.74 Å². The molecule has 2 fully saturated rings. The van der Waals surface area contributed by atoms with Gasteiger partial charge >= 0.3 is 0 Å². The largest absolute Gasteiger partial charge is 0.381 e. The van der Waals surface area contributed by atoms with Crippen LogP contribution in [0.25, 0.3) is 0 Å². The Balaban J connectivity index is 1.92. The van der Waals surface area contributed by atoms with E-state index in [1.54, 1.807) is 0 Å². The van der Waals surface area contributed by atoms with E-state index >= 15 is 0 Å². The zero-order valence-electron chi connectivity index (χ0n) is 13.9. The van der Waals surface area contributed by atoms with Gasteiger partial charge in [-0.05, 0) is 57.0 Å². The Morgan fingerprint density at radius 1 is 1.15 bits per heavy atom. The Labute approximate surface area is 125 Å². The molecule has 0 aromatic heterocycles. The molecular formula is C17H34N2O. The Bertz CT molecular complexity index is 278. The van der Waals surface area contributed by atoms with Crippen LogP contribution in [0.4, 0.5) is 0 Å². The second kappa shape index (κ2) is 7.77. The fourth-order valence-electron chi connectivity index (χ4n) is 4.32. The summed E-state index contributed by atoms with van der Waals surface area (Å²) in [5, 5.41) is 3.75.